The summed E-state index contributed by atoms with van der Waals surface area (Å²) in [5.41, 5.74) is 1.12. The predicted molar refractivity (Wildman–Crippen MR) is 78.4 cm³/mol. The van der Waals surface area contributed by atoms with Gasteiger partial charge in [0.05, 0.1) is 5.71 Å². The van der Waals surface area contributed by atoms with E-state index in [4.69, 9.17) is 9.94 Å². The molecule has 1 rings (SSSR count). The first-order valence-corrected chi connectivity index (χ1v) is 6.72. The summed E-state index contributed by atoms with van der Waals surface area (Å²) in [5.74, 6) is 0.932. The molecule has 20 heavy (non-hydrogen) atoms. The molecule has 0 spiro atoms. The number of hydrogen-bond donors (Lipinski definition) is 2. The van der Waals surface area contributed by atoms with Gasteiger partial charge in [-0.1, -0.05) is 31.1 Å². The van der Waals surface area contributed by atoms with Crippen LogP contribution in [0.3, 0.4) is 0 Å². The maximum Gasteiger partial charge on any atom is 0.257 e. The van der Waals surface area contributed by atoms with Gasteiger partial charge in [-0.05, 0) is 31.4 Å². The molecule has 0 aliphatic rings. The third-order valence-electron chi connectivity index (χ3n) is 2.83. The molecule has 110 valence electrons. The van der Waals surface area contributed by atoms with Crippen molar-refractivity contribution in [1.29, 1.82) is 0 Å². The Kier molecular flexibility index (Phi) is 6.56. The largest absolute Gasteiger partial charge is 0.483 e. The SMILES string of the molecule is CC(=NO)c1ccccc1OCC(=O)NCCC(C)C. The van der Waals surface area contributed by atoms with Gasteiger partial charge in [0.1, 0.15) is 5.75 Å². The number of carbonyl (C=O) groups excluding carboxylic acids is 1. The number of amides is 1. The lowest BCUT2D eigenvalue weighted by molar-refractivity contribution is -0.123. The van der Waals surface area contributed by atoms with Gasteiger partial charge in [-0.2, -0.15) is 0 Å². The lowest BCUT2D eigenvalue weighted by atomic mass is 10.1. The van der Waals surface area contributed by atoms with E-state index in [1.807, 2.05) is 6.07 Å². The van der Waals surface area contributed by atoms with Crippen molar-refractivity contribution in [2.75, 3.05) is 13.2 Å². The number of nitrogens with one attached hydrogen (secondary N) is 1. The van der Waals surface area contributed by atoms with Crippen molar-refractivity contribution >= 4 is 11.6 Å². The topological polar surface area (TPSA) is 70.9 Å². The third-order valence-corrected chi connectivity index (χ3v) is 2.83. The molecule has 5 heteroatoms. The molecule has 0 aromatic heterocycles. The lowest BCUT2D eigenvalue weighted by Gasteiger charge is -2.11. The molecule has 0 saturated heterocycles. The Labute approximate surface area is 119 Å². The molecule has 5 nitrogen and oxygen atoms in total. The minimum atomic E-state index is -0.154. The minimum absolute atomic E-state index is 0.0478. The summed E-state index contributed by atoms with van der Waals surface area (Å²) in [6.45, 7) is 6.49. The Morgan fingerprint density at radius 3 is 2.75 bits per heavy atom. The highest BCUT2D eigenvalue weighted by Crippen LogP contribution is 2.18. The standard InChI is InChI=1S/C15H22N2O3/c1-11(2)8-9-16-15(18)10-20-14-7-5-4-6-13(14)12(3)17-19/h4-7,11,19H,8-10H2,1-3H3,(H,16,18). The van der Waals surface area contributed by atoms with Crippen LogP contribution < -0.4 is 10.1 Å². The fourth-order valence-corrected chi connectivity index (χ4v) is 1.64. The van der Waals surface area contributed by atoms with Gasteiger partial charge >= 0.3 is 0 Å². The summed E-state index contributed by atoms with van der Waals surface area (Å²) < 4.78 is 5.48. The van der Waals surface area contributed by atoms with E-state index < -0.39 is 0 Å². The molecule has 0 aliphatic carbocycles. The van der Waals surface area contributed by atoms with Crippen molar-refractivity contribution < 1.29 is 14.7 Å². The first kappa shape index (κ1) is 16.0. The molecule has 0 unspecified atom stereocenters. The van der Waals surface area contributed by atoms with E-state index in [9.17, 15) is 4.79 Å². The maximum atomic E-state index is 11.6. The summed E-state index contributed by atoms with van der Waals surface area (Å²) in [4.78, 5) is 11.6. The Bertz CT molecular complexity index is 470. The van der Waals surface area contributed by atoms with Crippen molar-refractivity contribution in [3.8, 4) is 5.75 Å². The number of oxime groups is 1. The van der Waals surface area contributed by atoms with Gasteiger partial charge in [-0.15, -0.1) is 0 Å². The molecule has 0 aliphatic heterocycles. The molecule has 0 radical (unpaired) electrons. The quantitative estimate of drug-likeness (QED) is 0.457. The van der Waals surface area contributed by atoms with Crippen LogP contribution in [-0.4, -0.2) is 30.0 Å². The van der Waals surface area contributed by atoms with Gasteiger partial charge in [0.25, 0.3) is 5.91 Å². The molecule has 0 bridgehead atoms. The van der Waals surface area contributed by atoms with Crippen molar-refractivity contribution in [1.82, 2.24) is 5.32 Å². The summed E-state index contributed by atoms with van der Waals surface area (Å²) >= 11 is 0. The smallest absolute Gasteiger partial charge is 0.257 e. The van der Waals surface area contributed by atoms with Crippen molar-refractivity contribution in [2.24, 2.45) is 11.1 Å². The number of ether oxygens (including phenoxy) is 1. The number of hydrogen-bond acceptors (Lipinski definition) is 4. The Morgan fingerprint density at radius 2 is 2.10 bits per heavy atom. The van der Waals surface area contributed by atoms with Crippen molar-refractivity contribution in [2.45, 2.75) is 27.2 Å². The second-order valence-electron chi connectivity index (χ2n) is 5.00. The van der Waals surface area contributed by atoms with Gasteiger partial charge in [0.15, 0.2) is 6.61 Å². The first-order valence-electron chi connectivity index (χ1n) is 6.72. The molecule has 0 saturated carbocycles. The highest BCUT2D eigenvalue weighted by Gasteiger charge is 2.09. The van der Waals surface area contributed by atoms with Crippen LogP contribution in [0.1, 0.15) is 32.8 Å². The van der Waals surface area contributed by atoms with Gasteiger partial charge in [0, 0.05) is 12.1 Å². The van der Waals surface area contributed by atoms with E-state index in [0.717, 1.165) is 6.42 Å². The van der Waals surface area contributed by atoms with Crippen LogP contribution in [0, 0.1) is 5.92 Å². The number of nitrogens with zero attached hydrogens (tertiary/aromatic N) is 1. The normalized spacial score (nSPS) is 11.5. The third kappa shape index (κ3) is 5.30. The summed E-state index contributed by atoms with van der Waals surface area (Å²) in [5, 5.41) is 14.8. The van der Waals surface area contributed by atoms with Crippen LogP contribution in [0.15, 0.2) is 29.4 Å². The van der Waals surface area contributed by atoms with Gasteiger partial charge in [-0.25, -0.2) is 0 Å². The van der Waals surface area contributed by atoms with Crippen LogP contribution in [0.25, 0.3) is 0 Å². The fourth-order valence-electron chi connectivity index (χ4n) is 1.64. The molecule has 0 atom stereocenters. The van der Waals surface area contributed by atoms with E-state index in [2.05, 4.69) is 24.3 Å². The average molecular weight is 278 g/mol. The van der Waals surface area contributed by atoms with Crippen LogP contribution in [0.2, 0.25) is 0 Å². The van der Waals surface area contributed by atoms with E-state index in [0.29, 0.717) is 29.5 Å². The zero-order valence-corrected chi connectivity index (χ0v) is 12.2. The van der Waals surface area contributed by atoms with Gasteiger partial charge in [0.2, 0.25) is 0 Å². The zero-order valence-electron chi connectivity index (χ0n) is 12.2. The number of rotatable bonds is 7. The maximum absolute atomic E-state index is 11.6. The van der Waals surface area contributed by atoms with Crippen LogP contribution in [0.4, 0.5) is 0 Å². The monoisotopic (exact) mass is 278 g/mol. The van der Waals surface area contributed by atoms with Crippen molar-refractivity contribution in [3.63, 3.8) is 0 Å². The molecule has 1 amide bonds. The minimum Gasteiger partial charge on any atom is -0.483 e. The van der Waals surface area contributed by atoms with E-state index >= 15 is 0 Å². The first-order chi connectivity index (χ1) is 9.54. The molecule has 1 aromatic carbocycles. The summed E-state index contributed by atoms with van der Waals surface area (Å²) in [6, 6.07) is 7.15. The predicted octanol–water partition coefficient (Wildman–Crippen LogP) is 2.43. The molecular weight excluding hydrogens is 256 g/mol. The van der Waals surface area contributed by atoms with Crippen LogP contribution in [-0.2, 0) is 4.79 Å². The molecule has 0 heterocycles. The highest BCUT2D eigenvalue weighted by molar-refractivity contribution is 6.00. The van der Waals surface area contributed by atoms with E-state index in [1.54, 1.807) is 25.1 Å². The van der Waals surface area contributed by atoms with Crippen LogP contribution in [0.5, 0.6) is 5.75 Å². The Hall–Kier alpha value is -2.04. The van der Waals surface area contributed by atoms with Crippen molar-refractivity contribution in [3.05, 3.63) is 29.8 Å². The Balaban J connectivity index is 2.51. The molecular formula is C15H22N2O3. The van der Waals surface area contributed by atoms with E-state index in [-0.39, 0.29) is 12.5 Å². The Morgan fingerprint density at radius 1 is 1.40 bits per heavy atom. The van der Waals surface area contributed by atoms with Gasteiger partial charge < -0.3 is 15.3 Å². The molecule has 1 aromatic rings. The second-order valence-corrected chi connectivity index (χ2v) is 5.00. The lowest BCUT2D eigenvalue weighted by Crippen LogP contribution is -2.30. The molecule has 0 fully saturated rings. The number of benzene rings is 1. The second kappa shape index (κ2) is 8.19. The van der Waals surface area contributed by atoms with E-state index in [1.165, 1.54) is 0 Å². The highest BCUT2D eigenvalue weighted by atomic mass is 16.5. The zero-order chi connectivity index (χ0) is 15.0. The summed E-state index contributed by atoms with van der Waals surface area (Å²) in [7, 11) is 0. The number of para-hydroxylation sites is 1. The van der Waals surface area contributed by atoms with Gasteiger partial charge in [-0.3, -0.25) is 4.79 Å². The van der Waals surface area contributed by atoms with Crippen LogP contribution >= 0.6 is 0 Å². The fraction of sp³-hybridized carbons (Fsp3) is 0.467. The summed E-state index contributed by atoms with van der Waals surface area (Å²) in [6.07, 6.45) is 0.943. The average Bonchev–Trinajstić information content (AvgIpc) is 2.44. The molecule has 2 N–H and O–H groups in total. The number of carbonyl (C=O) groups is 1.